The summed E-state index contributed by atoms with van der Waals surface area (Å²) in [7, 11) is 0. The Bertz CT molecular complexity index is 339. The number of nitrogens with zero attached hydrogens (tertiary/aromatic N) is 2. The Balaban J connectivity index is 2.27. The van der Waals surface area contributed by atoms with Gasteiger partial charge in [0.25, 0.3) is 6.01 Å². The van der Waals surface area contributed by atoms with E-state index < -0.39 is 11.9 Å². The first-order chi connectivity index (χ1) is 6.72. The number of carbonyl (C=O) groups is 1. The topological polar surface area (TPSA) is 90.4 Å². The summed E-state index contributed by atoms with van der Waals surface area (Å²) in [5.74, 6) is -1.69. The van der Waals surface area contributed by atoms with Gasteiger partial charge in [0.1, 0.15) is 12.5 Å². The van der Waals surface area contributed by atoms with Gasteiger partial charge in [-0.05, 0) is 0 Å². The molecule has 6 nitrogen and oxygen atoms in total. The Kier molecular flexibility index (Phi) is 2.12. The number of fused-ring (bicyclic) bond motifs is 1. The molecule has 1 aliphatic rings. The van der Waals surface area contributed by atoms with E-state index in [9.17, 15) is 4.79 Å². The number of carboxylic acids is 1. The molecule has 2 heterocycles. The van der Waals surface area contributed by atoms with Crippen LogP contribution in [0.15, 0.2) is 6.20 Å². The van der Waals surface area contributed by atoms with Crippen LogP contribution in [0.1, 0.15) is 11.6 Å². The van der Waals surface area contributed by atoms with Gasteiger partial charge >= 0.3 is 5.97 Å². The van der Waals surface area contributed by atoms with Gasteiger partial charge in [-0.1, -0.05) is 0 Å². The third kappa shape index (κ3) is 1.33. The molecule has 0 aliphatic carbocycles. The molecule has 1 aromatic heterocycles. The van der Waals surface area contributed by atoms with Gasteiger partial charge in [0.2, 0.25) is 0 Å². The van der Waals surface area contributed by atoms with Crippen molar-refractivity contribution in [3.63, 3.8) is 0 Å². The van der Waals surface area contributed by atoms with Crippen molar-refractivity contribution < 1.29 is 14.6 Å². The van der Waals surface area contributed by atoms with Crippen LogP contribution in [0.4, 0.5) is 0 Å². The number of imidazole rings is 1. The monoisotopic (exact) mass is 197 g/mol. The third-order valence-corrected chi connectivity index (χ3v) is 2.21. The highest BCUT2D eigenvalue weighted by Gasteiger charge is 2.24. The molecule has 0 radical (unpaired) electrons. The van der Waals surface area contributed by atoms with Crippen molar-refractivity contribution in [3.05, 3.63) is 11.9 Å². The maximum atomic E-state index is 10.8. The molecule has 76 valence electrons. The smallest absolute Gasteiger partial charge is 0.313 e. The quantitative estimate of drug-likeness (QED) is 0.675. The molecular weight excluding hydrogens is 186 g/mol. The first-order valence-electron chi connectivity index (χ1n) is 4.35. The molecule has 0 saturated carbocycles. The van der Waals surface area contributed by atoms with Crippen LogP contribution < -0.4 is 10.5 Å². The van der Waals surface area contributed by atoms with Crippen molar-refractivity contribution in [2.24, 2.45) is 5.73 Å². The highest BCUT2D eigenvalue weighted by atomic mass is 16.5. The SMILES string of the molecule is NCC(C(=O)O)c1cn2c(n1)OCC2. The summed E-state index contributed by atoms with van der Waals surface area (Å²) in [5, 5.41) is 8.85. The molecule has 6 heteroatoms. The maximum Gasteiger partial charge on any atom is 0.313 e. The van der Waals surface area contributed by atoms with Crippen molar-refractivity contribution in [2.75, 3.05) is 13.2 Å². The van der Waals surface area contributed by atoms with Crippen molar-refractivity contribution in [1.82, 2.24) is 9.55 Å². The molecule has 0 fully saturated rings. The number of aromatic nitrogens is 2. The fourth-order valence-electron chi connectivity index (χ4n) is 1.45. The summed E-state index contributed by atoms with van der Waals surface area (Å²) in [6, 6.07) is 0.486. The molecule has 2 rings (SSSR count). The van der Waals surface area contributed by atoms with E-state index in [0.717, 1.165) is 6.54 Å². The van der Waals surface area contributed by atoms with Crippen LogP contribution >= 0.6 is 0 Å². The van der Waals surface area contributed by atoms with Gasteiger partial charge in [0.05, 0.1) is 12.2 Å². The molecule has 1 atom stereocenters. The molecule has 3 N–H and O–H groups in total. The van der Waals surface area contributed by atoms with Gasteiger partial charge in [-0.3, -0.25) is 9.36 Å². The van der Waals surface area contributed by atoms with Crippen LogP contribution in [0.3, 0.4) is 0 Å². The summed E-state index contributed by atoms with van der Waals surface area (Å²) < 4.78 is 6.96. The zero-order valence-corrected chi connectivity index (χ0v) is 7.51. The summed E-state index contributed by atoms with van der Waals surface area (Å²) in [5.41, 5.74) is 5.82. The molecule has 1 aliphatic heterocycles. The minimum atomic E-state index is -0.954. The number of hydrogen-bond donors (Lipinski definition) is 2. The lowest BCUT2D eigenvalue weighted by Gasteiger charge is -2.04. The Morgan fingerprint density at radius 3 is 3.21 bits per heavy atom. The fraction of sp³-hybridized carbons (Fsp3) is 0.500. The normalized spacial score (nSPS) is 16.1. The van der Waals surface area contributed by atoms with E-state index in [1.54, 1.807) is 10.8 Å². The first kappa shape index (κ1) is 9.01. The Hall–Kier alpha value is -1.56. The van der Waals surface area contributed by atoms with Crippen LogP contribution in [-0.4, -0.2) is 33.8 Å². The molecule has 14 heavy (non-hydrogen) atoms. The van der Waals surface area contributed by atoms with E-state index in [-0.39, 0.29) is 6.54 Å². The van der Waals surface area contributed by atoms with Crippen LogP contribution in [-0.2, 0) is 11.3 Å². The van der Waals surface area contributed by atoms with Gasteiger partial charge < -0.3 is 15.6 Å². The summed E-state index contributed by atoms with van der Waals surface area (Å²) in [4.78, 5) is 14.9. The number of rotatable bonds is 3. The molecule has 0 amide bonds. The lowest BCUT2D eigenvalue weighted by Crippen LogP contribution is -2.21. The summed E-state index contributed by atoms with van der Waals surface area (Å²) >= 11 is 0. The minimum absolute atomic E-state index is 0.0474. The van der Waals surface area contributed by atoms with E-state index in [0.29, 0.717) is 18.3 Å². The Labute approximate surface area is 80.3 Å². The lowest BCUT2D eigenvalue weighted by atomic mass is 10.1. The lowest BCUT2D eigenvalue weighted by molar-refractivity contribution is -0.138. The van der Waals surface area contributed by atoms with Gasteiger partial charge in [-0.25, -0.2) is 0 Å². The zero-order chi connectivity index (χ0) is 10.1. The number of hydrogen-bond acceptors (Lipinski definition) is 4. The molecule has 0 saturated heterocycles. The van der Waals surface area contributed by atoms with Crippen LogP contribution in [0.5, 0.6) is 6.01 Å². The first-order valence-corrected chi connectivity index (χ1v) is 4.35. The second-order valence-electron chi connectivity index (χ2n) is 3.12. The van der Waals surface area contributed by atoms with Crippen LogP contribution in [0.2, 0.25) is 0 Å². The van der Waals surface area contributed by atoms with Crippen LogP contribution in [0, 0.1) is 0 Å². The van der Waals surface area contributed by atoms with E-state index in [1.807, 2.05) is 0 Å². The summed E-state index contributed by atoms with van der Waals surface area (Å²) in [6.07, 6.45) is 1.69. The average Bonchev–Trinajstić information content (AvgIpc) is 2.63. The molecule has 1 aromatic rings. The second kappa shape index (κ2) is 3.30. The van der Waals surface area contributed by atoms with Gasteiger partial charge in [0, 0.05) is 12.7 Å². The largest absolute Gasteiger partial charge is 0.481 e. The fourth-order valence-corrected chi connectivity index (χ4v) is 1.45. The van der Waals surface area contributed by atoms with E-state index in [1.165, 1.54) is 0 Å². The molecule has 1 unspecified atom stereocenters. The van der Waals surface area contributed by atoms with Crippen molar-refractivity contribution in [1.29, 1.82) is 0 Å². The average molecular weight is 197 g/mol. The van der Waals surface area contributed by atoms with Gasteiger partial charge in [-0.2, -0.15) is 4.98 Å². The Morgan fingerprint density at radius 2 is 2.64 bits per heavy atom. The second-order valence-corrected chi connectivity index (χ2v) is 3.12. The minimum Gasteiger partial charge on any atom is -0.481 e. The van der Waals surface area contributed by atoms with E-state index in [4.69, 9.17) is 15.6 Å². The maximum absolute atomic E-state index is 10.8. The summed E-state index contributed by atoms with van der Waals surface area (Å²) in [6.45, 7) is 1.37. The number of nitrogens with two attached hydrogens (primary N) is 1. The molecule has 0 spiro atoms. The standard InChI is InChI=1S/C8H11N3O3/c9-3-5(7(12)13)6-4-11-1-2-14-8(11)10-6/h4-5H,1-3,9H2,(H,12,13). The van der Waals surface area contributed by atoms with E-state index in [2.05, 4.69) is 4.98 Å². The van der Waals surface area contributed by atoms with Crippen molar-refractivity contribution in [3.8, 4) is 6.01 Å². The van der Waals surface area contributed by atoms with E-state index >= 15 is 0 Å². The predicted molar refractivity (Wildman–Crippen MR) is 47.2 cm³/mol. The van der Waals surface area contributed by atoms with Crippen molar-refractivity contribution >= 4 is 5.97 Å². The number of carboxylic acid groups (broad SMARTS) is 1. The van der Waals surface area contributed by atoms with Crippen molar-refractivity contribution in [2.45, 2.75) is 12.5 Å². The molecular formula is C8H11N3O3. The predicted octanol–water partition coefficient (Wildman–Crippen LogP) is -0.598. The highest BCUT2D eigenvalue weighted by molar-refractivity contribution is 5.75. The Morgan fingerprint density at radius 1 is 1.86 bits per heavy atom. The van der Waals surface area contributed by atoms with Crippen LogP contribution in [0.25, 0.3) is 0 Å². The molecule has 0 bridgehead atoms. The number of ether oxygens (including phenoxy) is 1. The van der Waals surface area contributed by atoms with Gasteiger partial charge in [0.15, 0.2) is 0 Å². The molecule has 0 aromatic carbocycles. The van der Waals surface area contributed by atoms with Gasteiger partial charge in [-0.15, -0.1) is 0 Å². The zero-order valence-electron chi connectivity index (χ0n) is 7.51. The number of aliphatic carboxylic acids is 1. The third-order valence-electron chi connectivity index (χ3n) is 2.21. The highest BCUT2D eigenvalue weighted by Crippen LogP contribution is 2.21.